The summed E-state index contributed by atoms with van der Waals surface area (Å²) in [5.74, 6) is 0.129. The predicted molar refractivity (Wildman–Crippen MR) is 146 cm³/mol. The molecule has 1 unspecified atom stereocenters. The molecule has 0 radical (unpaired) electrons. The highest BCUT2D eigenvalue weighted by Crippen LogP contribution is 2.43. The summed E-state index contributed by atoms with van der Waals surface area (Å²) in [5.41, 5.74) is 3.73. The summed E-state index contributed by atoms with van der Waals surface area (Å²) in [5, 5.41) is 11.5. The van der Waals surface area contributed by atoms with Crippen LogP contribution in [0.15, 0.2) is 66.2 Å². The Balaban J connectivity index is 1.79. The van der Waals surface area contributed by atoms with Crippen molar-refractivity contribution < 1.29 is 28.9 Å². The molecule has 1 saturated heterocycles. The molecule has 0 bridgehead atoms. The van der Waals surface area contributed by atoms with Gasteiger partial charge in [-0.15, -0.1) is 0 Å². The van der Waals surface area contributed by atoms with Gasteiger partial charge in [-0.2, -0.15) is 0 Å². The molecule has 1 atom stereocenters. The van der Waals surface area contributed by atoms with Crippen molar-refractivity contribution in [3.8, 4) is 17.2 Å². The summed E-state index contributed by atoms with van der Waals surface area (Å²) in [6, 6.07) is 17.9. The number of amides is 1. The van der Waals surface area contributed by atoms with Gasteiger partial charge in [0, 0.05) is 12.1 Å². The summed E-state index contributed by atoms with van der Waals surface area (Å²) in [7, 11) is 3.12. The number of benzene rings is 3. The van der Waals surface area contributed by atoms with Crippen LogP contribution in [0.5, 0.6) is 17.2 Å². The number of methoxy groups -OCH3 is 2. The Morgan fingerprint density at radius 1 is 0.895 bits per heavy atom. The third-order valence-electron chi connectivity index (χ3n) is 6.74. The van der Waals surface area contributed by atoms with Crippen LogP contribution in [0.25, 0.3) is 5.76 Å². The van der Waals surface area contributed by atoms with E-state index in [9.17, 15) is 14.7 Å². The van der Waals surface area contributed by atoms with Crippen LogP contribution in [0, 0.1) is 13.8 Å². The fourth-order valence-corrected chi connectivity index (χ4v) is 4.82. The van der Waals surface area contributed by atoms with E-state index < -0.39 is 17.7 Å². The first kappa shape index (κ1) is 26.8. The number of hydrogen-bond donors (Lipinski definition) is 1. The number of carbonyl (C=O) groups is 2. The van der Waals surface area contributed by atoms with E-state index in [1.807, 2.05) is 63.2 Å². The van der Waals surface area contributed by atoms with Gasteiger partial charge >= 0.3 is 0 Å². The Morgan fingerprint density at radius 2 is 1.61 bits per heavy atom. The van der Waals surface area contributed by atoms with Crippen LogP contribution < -0.4 is 14.2 Å². The number of aryl methyl sites for hydroxylation is 2. The number of ketones is 1. The van der Waals surface area contributed by atoms with Crippen LogP contribution >= 0.6 is 0 Å². The smallest absolute Gasteiger partial charge is 0.295 e. The maximum atomic E-state index is 13.3. The quantitative estimate of drug-likeness (QED) is 0.223. The number of rotatable bonds is 9. The summed E-state index contributed by atoms with van der Waals surface area (Å²) in [6.07, 6.45) is 0.652. The molecule has 0 spiro atoms. The van der Waals surface area contributed by atoms with Gasteiger partial charge in [0.1, 0.15) is 18.1 Å². The summed E-state index contributed by atoms with van der Waals surface area (Å²) >= 11 is 0. The number of likely N-dealkylation sites (tertiary alicyclic amines) is 1. The number of hydrogen-bond acceptors (Lipinski definition) is 6. The molecule has 1 aliphatic rings. The van der Waals surface area contributed by atoms with Gasteiger partial charge in [0.05, 0.1) is 25.8 Å². The molecule has 3 aromatic carbocycles. The van der Waals surface area contributed by atoms with Crippen molar-refractivity contribution in [3.63, 3.8) is 0 Å². The number of nitrogens with zero attached hydrogens (tertiary/aromatic N) is 1. The van der Waals surface area contributed by atoms with E-state index in [1.54, 1.807) is 32.4 Å². The Kier molecular flexibility index (Phi) is 8.05. The largest absolute Gasteiger partial charge is 0.507 e. The van der Waals surface area contributed by atoms with E-state index in [0.29, 0.717) is 47.9 Å². The Labute approximate surface area is 223 Å². The summed E-state index contributed by atoms with van der Waals surface area (Å²) in [6.45, 7) is 6.36. The van der Waals surface area contributed by atoms with Crippen molar-refractivity contribution in [2.45, 2.75) is 39.8 Å². The molecule has 0 saturated carbocycles. The first-order valence-corrected chi connectivity index (χ1v) is 12.6. The van der Waals surface area contributed by atoms with Crippen LogP contribution in [0.4, 0.5) is 0 Å². The second-order valence-corrected chi connectivity index (χ2v) is 9.31. The number of ether oxygens (including phenoxy) is 3. The molecule has 1 heterocycles. The van der Waals surface area contributed by atoms with Crippen molar-refractivity contribution in [1.82, 2.24) is 4.90 Å². The molecule has 198 valence electrons. The molecule has 1 fully saturated rings. The lowest BCUT2D eigenvalue weighted by atomic mass is 9.93. The lowest BCUT2D eigenvalue weighted by Crippen LogP contribution is -2.30. The van der Waals surface area contributed by atoms with Crippen LogP contribution in [-0.4, -0.2) is 42.5 Å². The standard InChI is InChI=1S/C31H33NO6/c1-6-14-32-28(22-12-13-24(26(17-22)37-5)38-18-21-10-8-7-9-11-21)27(30(34)31(32)35)29(33)23-15-20(3)25(36-4)16-19(23)2/h7-13,15-17,28,33H,6,14,18H2,1-5H3/b29-27+. The summed E-state index contributed by atoms with van der Waals surface area (Å²) in [4.78, 5) is 27.9. The van der Waals surface area contributed by atoms with Gasteiger partial charge < -0.3 is 24.2 Å². The van der Waals surface area contributed by atoms with Crippen molar-refractivity contribution in [3.05, 3.63) is 94.1 Å². The average Bonchev–Trinajstić information content (AvgIpc) is 3.18. The van der Waals surface area contributed by atoms with Gasteiger partial charge in [-0.1, -0.05) is 43.3 Å². The molecule has 0 aromatic heterocycles. The molecule has 7 nitrogen and oxygen atoms in total. The van der Waals surface area contributed by atoms with Crippen LogP contribution in [0.3, 0.4) is 0 Å². The second-order valence-electron chi connectivity index (χ2n) is 9.31. The lowest BCUT2D eigenvalue weighted by Gasteiger charge is -2.26. The molecular weight excluding hydrogens is 482 g/mol. The zero-order valence-corrected chi connectivity index (χ0v) is 22.4. The molecule has 4 rings (SSSR count). The molecule has 38 heavy (non-hydrogen) atoms. The average molecular weight is 516 g/mol. The Morgan fingerprint density at radius 3 is 2.26 bits per heavy atom. The molecule has 1 amide bonds. The van der Waals surface area contributed by atoms with E-state index >= 15 is 0 Å². The van der Waals surface area contributed by atoms with Crippen LogP contribution in [0.1, 0.15) is 47.2 Å². The number of Topliss-reactive ketones (excluding diaryl/α,β-unsaturated/α-hetero) is 1. The molecule has 1 N–H and O–H groups in total. The van der Waals surface area contributed by atoms with Crippen molar-refractivity contribution >= 4 is 17.4 Å². The van der Waals surface area contributed by atoms with E-state index in [4.69, 9.17) is 14.2 Å². The van der Waals surface area contributed by atoms with Crippen LogP contribution in [-0.2, 0) is 16.2 Å². The SMILES string of the molecule is CCCN1C(=O)C(=O)/C(=C(/O)c2cc(C)c(OC)cc2C)C1c1ccc(OCc2ccccc2)c(OC)c1. The third-order valence-corrected chi connectivity index (χ3v) is 6.74. The lowest BCUT2D eigenvalue weighted by molar-refractivity contribution is -0.139. The normalized spacial score (nSPS) is 16.6. The van der Waals surface area contributed by atoms with Gasteiger partial charge in [0.15, 0.2) is 11.5 Å². The van der Waals surface area contributed by atoms with Gasteiger partial charge in [-0.05, 0) is 66.8 Å². The minimum absolute atomic E-state index is 0.0520. The fraction of sp³-hybridized carbons (Fsp3) is 0.290. The van der Waals surface area contributed by atoms with Gasteiger partial charge in [0.2, 0.25) is 0 Å². The van der Waals surface area contributed by atoms with Gasteiger partial charge in [0.25, 0.3) is 11.7 Å². The first-order chi connectivity index (χ1) is 18.3. The van der Waals surface area contributed by atoms with Crippen molar-refractivity contribution in [1.29, 1.82) is 0 Å². The maximum Gasteiger partial charge on any atom is 0.295 e. The Bertz CT molecular complexity index is 1380. The second kappa shape index (κ2) is 11.4. The number of aliphatic hydroxyl groups is 1. The minimum Gasteiger partial charge on any atom is -0.507 e. The van der Waals surface area contributed by atoms with E-state index in [1.165, 1.54) is 4.90 Å². The van der Waals surface area contributed by atoms with Gasteiger partial charge in [-0.25, -0.2) is 0 Å². The highest BCUT2D eigenvalue weighted by atomic mass is 16.5. The van der Waals surface area contributed by atoms with E-state index in [2.05, 4.69) is 0 Å². The maximum absolute atomic E-state index is 13.3. The third kappa shape index (κ3) is 5.09. The van der Waals surface area contributed by atoms with Gasteiger partial charge in [-0.3, -0.25) is 9.59 Å². The molecule has 1 aliphatic heterocycles. The van der Waals surface area contributed by atoms with E-state index in [0.717, 1.165) is 16.7 Å². The van der Waals surface area contributed by atoms with Crippen molar-refractivity contribution in [2.24, 2.45) is 0 Å². The molecule has 0 aliphatic carbocycles. The molecule has 3 aromatic rings. The monoisotopic (exact) mass is 515 g/mol. The Hall–Kier alpha value is -4.26. The van der Waals surface area contributed by atoms with Crippen molar-refractivity contribution in [2.75, 3.05) is 20.8 Å². The highest BCUT2D eigenvalue weighted by Gasteiger charge is 2.46. The molecular formula is C31H33NO6. The minimum atomic E-state index is -0.770. The first-order valence-electron chi connectivity index (χ1n) is 12.6. The fourth-order valence-electron chi connectivity index (χ4n) is 4.82. The highest BCUT2D eigenvalue weighted by molar-refractivity contribution is 6.46. The number of aliphatic hydroxyl groups excluding tert-OH is 1. The zero-order chi connectivity index (χ0) is 27.4. The summed E-state index contributed by atoms with van der Waals surface area (Å²) < 4.78 is 17.0. The predicted octanol–water partition coefficient (Wildman–Crippen LogP) is 5.73. The number of carbonyl (C=O) groups excluding carboxylic acids is 2. The topological polar surface area (TPSA) is 85.3 Å². The molecule has 7 heteroatoms. The zero-order valence-electron chi connectivity index (χ0n) is 22.4. The van der Waals surface area contributed by atoms with Crippen LogP contribution in [0.2, 0.25) is 0 Å². The van der Waals surface area contributed by atoms with E-state index in [-0.39, 0.29) is 11.3 Å².